The van der Waals surface area contributed by atoms with Gasteiger partial charge in [0, 0.05) is 12.2 Å². The second-order valence-electron chi connectivity index (χ2n) is 5.64. The molecule has 1 aliphatic rings. The summed E-state index contributed by atoms with van der Waals surface area (Å²) in [5.74, 6) is -0.550. The van der Waals surface area contributed by atoms with Crippen molar-refractivity contribution in [1.82, 2.24) is 0 Å². The molecular formula is C17H21FN2O. The van der Waals surface area contributed by atoms with E-state index in [-0.39, 0.29) is 11.7 Å². The van der Waals surface area contributed by atoms with Crippen LogP contribution in [0.1, 0.15) is 45.4 Å². The highest BCUT2D eigenvalue weighted by molar-refractivity contribution is 5.99. The predicted octanol–water partition coefficient (Wildman–Crippen LogP) is 4.04. The minimum Gasteiger partial charge on any atom is -0.311 e. The fraction of sp³-hybridized carbons (Fsp3) is 0.529. The number of nitriles is 1. The number of halogens is 1. The van der Waals surface area contributed by atoms with Crippen LogP contribution in [0, 0.1) is 22.6 Å². The zero-order valence-corrected chi connectivity index (χ0v) is 12.4. The van der Waals surface area contributed by atoms with Gasteiger partial charge in [-0.2, -0.15) is 5.26 Å². The van der Waals surface area contributed by atoms with Crippen molar-refractivity contribution >= 4 is 11.6 Å². The molecule has 0 aromatic heterocycles. The Kier molecular flexibility index (Phi) is 4.95. The number of benzene rings is 1. The Morgan fingerprint density at radius 2 is 2.00 bits per heavy atom. The maximum atomic E-state index is 13.4. The normalized spacial score (nSPS) is 17.6. The quantitative estimate of drug-likeness (QED) is 0.788. The molecule has 4 heteroatoms. The molecule has 1 aromatic carbocycles. The van der Waals surface area contributed by atoms with Gasteiger partial charge in [0.15, 0.2) is 0 Å². The van der Waals surface area contributed by atoms with E-state index in [0.717, 1.165) is 25.7 Å². The SMILES string of the molecule is CCN(C(=O)C1(C#N)CCCCCC1)c1cccc(F)c1. The Bertz CT molecular complexity index is 542. The number of rotatable bonds is 3. The third-order valence-electron chi connectivity index (χ3n) is 4.26. The van der Waals surface area contributed by atoms with Gasteiger partial charge in [-0.3, -0.25) is 4.79 Å². The number of amides is 1. The highest BCUT2D eigenvalue weighted by Gasteiger charge is 2.41. The highest BCUT2D eigenvalue weighted by atomic mass is 19.1. The number of hydrogen-bond donors (Lipinski definition) is 0. The van der Waals surface area contributed by atoms with E-state index in [1.165, 1.54) is 17.0 Å². The number of carbonyl (C=O) groups is 1. The van der Waals surface area contributed by atoms with Crippen molar-refractivity contribution in [2.24, 2.45) is 5.41 Å². The maximum Gasteiger partial charge on any atom is 0.247 e. The summed E-state index contributed by atoms with van der Waals surface area (Å²) in [7, 11) is 0. The van der Waals surface area contributed by atoms with Crippen molar-refractivity contribution in [3.05, 3.63) is 30.1 Å². The van der Waals surface area contributed by atoms with Crippen molar-refractivity contribution in [2.45, 2.75) is 45.4 Å². The van der Waals surface area contributed by atoms with Crippen LogP contribution < -0.4 is 4.90 Å². The van der Waals surface area contributed by atoms with E-state index in [9.17, 15) is 14.4 Å². The molecule has 0 atom stereocenters. The molecule has 0 aliphatic heterocycles. The second kappa shape index (κ2) is 6.71. The van der Waals surface area contributed by atoms with Crippen LogP contribution in [0.2, 0.25) is 0 Å². The predicted molar refractivity (Wildman–Crippen MR) is 80.2 cm³/mol. The first-order valence-corrected chi connectivity index (χ1v) is 7.62. The van der Waals surface area contributed by atoms with Gasteiger partial charge in [0.25, 0.3) is 0 Å². The molecule has 1 amide bonds. The molecule has 1 aliphatic carbocycles. The molecule has 0 spiro atoms. The van der Waals surface area contributed by atoms with Crippen molar-refractivity contribution < 1.29 is 9.18 Å². The van der Waals surface area contributed by atoms with Crippen molar-refractivity contribution in [3.8, 4) is 6.07 Å². The molecule has 1 fully saturated rings. The van der Waals surface area contributed by atoms with Gasteiger partial charge < -0.3 is 4.90 Å². The van der Waals surface area contributed by atoms with Gasteiger partial charge in [-0.25, -0.2) is 4.39 Å². The standard InChI is InChI=1S/C17H21FN2O/c1-2-20(15-9-7-8-14(18)12-15)16(21)17(13-19)10-5-3-4-6-11-17/h7-9,12H,2-6,10-11H2,1H3. The van der Waals surface area contributed by atoms with Crippen LogP contribution in [0.5, 0.6) is 0 Å². The average Bonchev–Trinajstić information content (AvgIpc) is 2.74. The van der Waals surface area contributed by atoms with E-state index in [0.29, 0.717) is 25.1 Å². The maximum absolute atomic E-state index is 13.4. The Hall–Kier alpha value is -1.89. The molecule has 1 aromatic rings. The monoisotopic (exact) mass is 288 g/mol. The van der Waals surface area contributed by atoms with Crippen molar-refractivity contribution in [2.75, 3.05) is 11.4 Å². The number of carbonyl (C=O) groups excluding carboxylic acids is 1. The molecule has 0 saturated heterocycles. The van der Waals surface area contributed by atoms with Gasteiger partial charge >= 0.3 is 0 Å². The Morgan fingerprint density at radius 3 is 2.52 bits per heavy atom. The van der Waals surface area contributed by atoms with E-state index in [1.54, 1.807) is 12.1 Å². The second-order valence-corrected chi connectivity index (χ2v) is 5.64. The molecule has 0 N–H and O–H groups in total. The van der Waals surface area contributed by atoms with Crippen LogP contribution in [0.3, 0.4) is 0 Å². The largest absolute Gasteiger partial charge is 0.311 e. The fourth-order valence-corrected chi connectivity index (χ4v) is 3.05. The van der Waals surface area contributed by atoms with Crippen molar-refractivity contribution in [1.29, 1.82) is 5.26 Å². The molecule has 0 heterocycles. The van der Waals surface area contributed by atoms with E-state index in [4.69, 9.17) is 0 Å². The van der Waals surface area contributed by atoms with Gasteiger partial charge in [0.2, 0.25) is 5.91 Å². The van der Waals surface area contributed by atoms with Crippen LogP contribution in [-0.4, -0.2) is 12.5 Å². The zero-order chi connectivity index (χ0) is 15.3. The lowest BCUT2D eigenvalue weighted by Gasteiger charge is -2.31. The molecule has 0 radical (unpaired) electrons. The molecule has 0 bridgehead atoms. The first-order valence-electron chi connectivity index (χ1n) is 7.62. The zero-order valence-electron chi connectivity index (χ0n) is 12.4. The molecular weight excluding hydrogens is 267 g/mol. The van der Waals surface area contributed by atoms with Gasteiger partial charge in [-0.15, -0.1) is 0 Å². The molecule has 2 rings (SSSR count). The van der Waals surface area contributed by atoms with Crippen LogP contribution in [0.25, 0.3) is 0 Å². The van der Waals surface area contributed by atoms with E-state index in [1.807, 2.05) is 6.92 Å². The third-order valence-corrected chi connectivity index (χ3v) is 4.26. The number of hydrogen-bond acceptors (Lipinski definition) is 2. The van der Waals surface area contributed by atoms with Crippen LogP contribution in [-0.2, 0) is 4.79 Å². The van der Waals surface area contributed by atoms with E-state index in [2.05, 4.69) is 6.07 Å². The lowest BCUT2D eigenvalue weighted by Crippen LogP contribution is -2.43. The minimum atomic E-state index is -0.946. The van der Waals surface area contributed by atoms with Gasteiger partial charge in [-0.1, -0.05) is 31.7 Å². The van der Waals surface area contributed by atoms with Gasteiger partial charge in [-0.05, 0) is 38.0 Å². The van der Waals surface area contributed by atoms with Crippen LogP contribution in [0.4, 0.5) is 10.1 Å². The Balaban J connectivity index is 2.32. The first-order chi connectivity index (χ1) is 10.1. The van der Waals surface area contributed by atoms with Crippen LogP contribution in [0.15, 0.2) is 24.3 Å². The molecule has 1 saturated carbocycles. The molecule has 3 nitrogen and oxygen atoms in total. The van der Waals surface area contributed by atoms with Gasteiger partial charge in [0.1, 0.15) is 11.2 Å². The summed E-state index contributed by atoms with van der Waals surface area (Å²) in [6.45, 7) is 2.29. The first kappa shape index (κ1) is 15.5. The fourth-order valence-electron chi connectivity index (χ4n) is 3.05. The Morgan fingerprint density at radius 1 is 1.33 bits per heavy atom. The molecule has 21 heavy (non-hydrogen) atoms. The van der Waals surface area contributed by atoms with E-state index >= 15 is 0 Å². The van der Waals surface area contributed by atoms with E-state index < -0.39 is 5.41 Å². The number of nitrogens with zero attached hydrogens (tertiary/aromatic N) is 2. The number of anilines is 1. The van der Waals surface area contributed by atoms with Gasteiger partial charge in [0.05, 0.1) is 6.07 Å². The smallest absolute Gasteiger partial charge is 0.247 e. The topological polar surface area (TPSA) is 44.1 Å². The lowest BCUT2D eigenvalue weighted by atomic mass is 9.80. The average molecular weight is 288 g/mol. The molecule has 0 unspecified atom stereocenters. The summed E-state index contributed by atoms with van der Waals surface area (Å²) in [6.07, 6.45) is 5.16. The summed E-state index contributed by atoms with van der Waals surface area (Å²) >= 11 is 0. The summed E-state index contributed by atoms with van der Waals surface area (Å²) in [5, 5.41) is 9.61. The lowest BCUT2D eigenvalue weighted by molar-refractivity contribution is -0.126. The summed E-state index contributed by atoms with van der Waals surface area (Å²) in [4.78, 5) is 14.5. The molecule has 112 valence electrons. The van der Waals surface area contributed by atoms with Crippen molar-refractivity contribution in [3.63, 3.8) is 0 Å². The third kappa shape index (κ3) is 3.24. The van der Waals surface area contributed by atoms with Crippen LogP contribution >= 0.6 is 0 Å². The summed E-state index contributed by atoms with van der Waals surface area (Å²) in [5.41, 5.74) is -0.417. The summed E-state index contributed by atoms with van der Waals surface area (Å²) in [6, 6.07) is 8.28. The highest BCUT2D eigenvalue weighted by Crippen LogP contribution is 2.37. The Labute approximate surface area is 125 Å². The minimum absolute atomic E-state index is 0.181. The summed E-state index contributed by atoms with van der Waals surface area (Å²) < 4.78 is 13.4.